The van der Waals surface area contributed by atoms with E-state index in [1.807, 2.05) is 6.08 Å². The molecule has 0 N–H and O–H groups in total. The van der Waals surface area contributed by atoms with Gasteiger partial charge in [-0.1, -0.05) is 89.5 Å². The van der Waals surface area contributed by atoms with Gasteiger partial charge in [0.15, 0.2) is 0 Å². The van der Waals surface area contributed by atoms with Gasteiger partial charge in [-0.15, -0.1) is 0 Å². The summed E-state index contributed by atoms with van der Waals surface area (Å²) in [6, 6.07) is 4.52. The minimum atomic E-state index is 1.24. The molecule has 0 heteroatoms. The van der Waals surface area contributed by atoms with Crippen LogP contribution >= 0.6 is 0 Å². The van der Waals surface area contributed by atoms with Crippen molar-refractivity contribution in [3.05, 3.63) is 41.0 Å². The first kappa shape index (κ1) is 19.0. The van der Waals surface area contributed by atoms with Crippen LogP contribution in [-0.2, 0) is 6.42 Å². The third kappa shape index (κ3) is 6.81. The summed E-state index contributed by atoms with van der Waals surface area (Å²) in [5.41, 5.74) is 5.68. The third-order valence-electron chi connectivity index (χ3n) is 4.96. The van der Waals surface area contributed by atoms with Crippen molar-refractivity contribution in [2.45, 2.75) is 91.4 Å². The molecule has 22 heavy (non-hydrogen) atoms. The molecule has 124 valence electrons. The van der Waals surface area contributed by atoms with Crippen LogP contribution in [0.15, 0.2) is 18.7 Å². The van der Waals surface area contributed by atoms with Gasteiger partial charge in [-0.05, 0) is 48.9 Å². The zero-order chi connectivity index (χ0) is 16.2. The second-order valence-corrected chi connectivity index (χ2v) is 6.70. The zero-order valence-electron chi connectivity index (χ0n) is 15.2. The van der Waals surface area contributed by atoms with Crippen molar-refractivity contribution < 1.29 is 0 Å². The van der Waals surface area contributed by atoms with Gasteiger partial charge >= 0.3 is 0 Å². The molecule has 0 aromatic heterocycles. The van der Waals surface area contributed by atoms with Crippen LogP contribution in [0.2, 0.25) is 0 Å². The molecule has 1 aromatic carbocycles. The maximum atomic E-state index is 3.89. The second kappa shape index (κ2) is 11.5. The average Bonchev–Trinajstić information content (AvgIpc) is 2.53. The summed E-state index contributed by atoms with van der Waals surface area (Å²) in [6.07, 6.45) is 17.3. The number of hydrogen-bond donors (Lipinski definition) is 0. The summed E-state index contributed by atoms with van der Waals surface area (Å²) in [6.45, 7) is 10.7. The Morgan fingerprint density at radius 2 is 1.32 bits per heavy atom. The van der Waals surface area contributed by atoms with Crippen molar-refractivity contribution in [3.8, 4) is 0 Å². The largest absolute Gasteiger partial charge is 0.0985 e. The second-order valence-electron chi connectivity index (χ2n) is 6.70. The molecule has 0 aliphatic rings. The van der Waals surface area contributed by atoms with Gasteiger partial charge in [-0.25, -0.2) is 0 Å². The van der Waals surface area contributed by atoms with Crippen molar-refractivity contribution >= 4 is 6.08 Å². The highest BCUT2D eigenvalue weighted by Crippen LogP contribution is 2.21. The normalized spacial score (nSPS) is 10.9. The van der Waals surface area contributed by atoms with Crippen LogP contribution < -0.4 is 0 Å². The lowest BCUT2D eigenvalue weighted by atomic mass is 9.94. The van der Waals surface area contributed by atoms with Crippen LogP contribution in [-0.4, -0.2) is 0 Å². The fraction of sp³-hybridized carbons (Fsp3) is 0.636. The maximum Gasteiger partial charge on any atom is -0.0230 e. The SMILES string of the molecule is C=Cc1ccc(CCCCCCCCCCCC)c(C)c1C. The molecule has 0 aliphatic carbocycles. The van der Waals surface area contributed by atoms with Crippen LogP contribution in [0.25, 0.3) is 6.08 Å². The van der Waals surface area contributed by atoms with Gasteiger partial charge in [0.05, 0.1) is 0 Å². The summed E-state index contributed by atoms with van der Waals surface area (Å²) < 4.78 is 0. The molecular weight excluding hydrogens is 264 g/mol. The van der Waals surface area contributed by atoms with Crippen molar-refractivity contribution in [2.24, 2.45) is 0 Å². The lowest BCUT2D eigenvalue weighted by Crippen LogP contribution is -1.95. The molecule has 0 saturated carbocycles. The number of unbranched alkanes of at least 4 members (excludes halogenated alkanes) is 9. The van der Waals surface area contributed by atoms with Crippen LogP contribution in [0.5, 0.6) is 0 Å². The first-order valence-corrected chi connectivity index (χ1v) is 9.42. The summed E-state index contributed by atoms with van der Waals surface area (Å²) in [5, 5.41) is 0. The van der Waals surface area contributed by atoms with Gasteiger partial charge in [0.1, 0.15) is 0 Å². The molecule has 0 nitrogen and oxygen atoms in total. The summed E-state index contributed by atoms with van der Waals surface area (Å²) in [5.74, 6) is 0. The number of rotatable bonds is 12. The van der Waals surface area contributed by atoms with Crippen molar-refractivity contribution in [1.29, 1.82) is 0 Å². The number of hydrogen-bond acceptors (Lipinski definition) is 0. The summed E-state index contributed by atoms with van der Waals surface area (Å²) in [4.78, 5) is 0. The van der Waals surface area contributed by atoms with E-state index in [0.29, 0.717) is 0 Å². The highest BCUT2D eigenvalue weighted by molar-refractivity contribution is 5.55. The molecule has 1 rings (SSSR count). The van der Waals surface area contributed by atoms with E-state index in [4.69, 9.17) is 0 Å². The minimum absolute atomic E-state index is 1.24. The van der Waals surface area contributed by atoms with Crippen molar-refractivity contribution in [3.63, 3.8) is 0 Å². The fourth-order valence-electron chi connectivity index (χ4n) is 3.19. The molecule has 0 saturated heterocycles. The summed E-state index contributed by atoms with van der Waals surface area (Å²) in [7, 11) is 0. The van der Waals surface area contributed by atoms with Crippen LogP contribution in [0.3, 0.4) is 0 Å². The third-order valence-corrected chi connectivity index (χ3v) is 4.96. The van der Waals surface area contributed by atoms with Crippen LogP contribution in [0.4, 0.5) is 0 Å². The molecule has 0 spiro atoms. The molecule has 0 bridgehead atoms. The van der Waals surface area contributed by atoms with E-state index in [2.05, 4.69) is 39.5 Å². The van der Waals surface area contributed by atoms with Gasteiger partial charge in [-0.3, -0.25) is 0 Å². The predicted octanol–water partition coefficient (Wildman–Crippen LogP) is 7.41. The lowest BCUT2D eigenvalue weighted by Gasteiger charge is -2.11. The molecule has 0 atom stereocenters. The Hall–Kier alpha value is -1.04. The Balaban J connectivity index is 2.12. The highest BCUT2D eigenvalue weighted by atomic mass is 14.1. The quantitative estimate of drug-likeness (QED) is 0.352. The van der Waals surface area contributed by atoms with Gasteiger partial charge in [-0.2, -0.15) is 0 Å². The zero-order valence-corrected chi connectivity index (χ0v) is 15.2. The standard InChI is InChI=1S/C22H36/c1-5-7-8-9-10-11-12-13-14-15-16-22-18-17-21(6-2)19(3)20(22)4/h6,17-18H,2,5,7-16H2,1,3-4H3. The monoisotopic (exact) mass is 300 g/mol. The molecule has 0 radical (unpaired) electrons. The Morgan fingerprint density at radius 3 is 1.86 bits per heavy atom. The van der Waals surface area contributed by atoms with E-state index in [1.165, 1.54) is 92.9 Å². The molecular formula is C22H36. The maximum absolute atomic E-state index is 3.89. The Morgan fingerprint density at radius 1 is 0.773 bits per heavy atom. The topological polar surface area (TPSA) is 0 Å². The average molecular weight is 301 g/mol. The van der Waals surface area contributed by atoms with Gasteiger partial charge in [0, 0.05) is 0 Å². The van der Waals surface area contributed by atoms with Crippen molar-refractivity contribution in [1.82, 2.24) is 0 Å². The lowest BCUT2D eigenvalue weighted by molar-refractivity contribution is 0.556. The van der Waals surface area contributed by atoms with Crippen LogP contribution in [0.1, 0.15) is 93.4 Å². The first-order valence-electron chi connectivity index (χ1n) is 9.42. The molecule has 0 amide bonds. The number of benzene rings is 1. The van der Waals surface area contributed by atoms with E-state index in [9.17, 15) is 0 Å². The number of aryl methyl sites for hydroxylation is 1. The van der Waals surface area contributed by atoms with E-state index in [0.717, 1.165) is 0 Å². The first-order chi connectivity index (χ1) is 10.7. The van der Waals surface area contributed by atoms with E-state index < -0.39 is 0 Å². The predicted molar refractivity (Wildman–Crippen MR) is 102 cm³/mol. The smallest absolute Gasteiger partial charge is 0.0230 e. The Bertz CT molecular complexity index is 428. The van der Waals surface area contributed by atoms with Crippen LogP contribution in [0, 0.1) is 13.8 Å². The molecule has 0 unspecified atom stereocenters. The molecule has 0 fully saturated rings. The molecule has 0 heterocycles. The van der Waals surface area contributed by atoms with E-state index in [1.54, 1.807) is 0 Å². The molecule has 0 aliphatic heterocycles. The summed E-state index contributed by atoms with van der Waals surface area (Å²) >= 11 is 0. The Labute approximate surface area is 139 Å². The van der Waals surface area contributed by atoms with E-state index >= 15 is 0 Å². The molecule has 1 aromatic rings. The van der Waals surface area contributed by atoms with Crippen molar-refractivity contribution in [2.75, 3.05) is 0 Å². The fourth-order valence-corrected chi connectivity index (χ4v) is 3.19. The Kier molecular flexibility index (Phi) is 9.95. The van der Waals surface area contributed by atoms with Gasteiger partial charge in [0.25, 0.3) is 0 Å². The minimum Gasteiger partial charge on any atom is -0.0985 e. The van der Waals surface area contributed by atoms with Gasteiger partial charge in [0.2, 0.25) is 0 Å². The van der Waals surface area contributed by atoms with E-state index in [-0.39, 0.29) is 0 Å². The highest BCUT2D eigenvalue weighted by Gasteiger charge is 2.04. The van der Waals surface area contributed by atoms with Gasteiger partial charge < -0.3 is 0 Å².